The van der Waals surface area contributed by atoms with Crippen molar-refractivity contribution in [3.8, 4) is 21.8 Å². The van der Waals surface area contributed by atoms with Gasteiger partial charge in [-0.15, -0.1) is 45.3 Å². The number of aromatic amines is 1. The topological polar surface area (TPSA) is 28.7 Å². The first kappa shape index (κ1) is 30.1. The van der Waals surface area contributed by atoms with Gasteiger partial charge in [0, 0.05) is 57.8 Å². The fourth-order valence-corrected chi connectivity index (χ4v) is 10.7. The number of aromatic nitrogens is 2. The second kappa shape index (κ2) is 10.0. The molecule has 12 heteroatoms. The van der Waals surface area contributed by atoms with Crippen LogP contribution in [0.4, 0.5) is 26.3 Å². The molecule has 8 aromatic rings. The van der Waals surface area contributed by atoms with E-state index in [9.17, 15) is 0 Å². The fraction of sp³-hybridized carbons (Fsp3) is 0.139. The van der Waals surface area contributed by atoms with Crippen molar-refractivity contribution in [3.05, 3.63) is 98.4 Å². The van der Waals surface area contributed by atoms with Crippen LogP contribution in [0.15, 0.2) is 77.5 Å². The second-order valence-electron chi connectivity index (χ2n) is 11.8. The van der Waals surface area contributed by atoms with E-state index in [1.54, 1.807) is 53.0 Å². The number of hydrogen-bond acceptors (Lipinski definition) is 5. The molecule has 0 radical (unpaired) electrons. The molecular formula is C36H20F6N2S4. The maximum absolute atomic E-state index is 15.7. The van der Waals surface area contributed by atoms with Crippen molar-refractivity contribution in [2.45, 2.75) is 31.6 Å². The number of aryl methyl sites for hydroxylation is 2. The monoisotopic (exact) mass is 722 g/mol. The van der Waals surface area contributed by atoms with E-state index in [0.717, 1.165) is 54.1 Å². The van der Waals surface area contributed by atoms with Crippen molar-refractivity contribution in [1.82, 2.24) is 9.97 Å². The maximum atomic E-state index is 15.7. The predicted octanol–water partition coefficient (Wildman–Crippen LogP) is 13.0. The van der Waals surface area contributed by atoms with Gasteiger partial charge in [-0.3, -0.25) is 0 Å². The largest absolute Gasteiger partial charge is 0.380 e. The molecule has 0 spiro atoms. The molecule has 0 saturated heterocycles. The van der Waals surface area contributed by atoms with Crippen LogP contribution < -0.4 is 0 Å². The zero-order valence-electron chi connectivity index (χ0n) is 24.9. The number of hydrogen-bond donors (Lipinski definition) is 1. The van der Waals surface area contributed by atoms with Gasteiger partial charge in [0.2, 0.25) is 0 Å². The average molecular weight is 723 g/mol. The molecule has 48 heavy (non-hydrogen) atoms. The van der Waals surface area contributed by atoms with Gasteiger partial charge in [0.1, 0.15) is 11.3 Å². The van der Waals surface area contributed by atoms with Gasteiger partial charge < -0.3 is 4.98 Å². The number of alkyl halides is 6. The molecule has 0 bridgehead atoms. The van der Waals surface area contributed by atoms with E-state index < -0.39 is 28.9 Å². The van der Waals surface area contributed by atoms with Crippen LogP contribution in [-0.4, -0.2) is 27.7 Å². The Balaban J connectivity index is 1.16. The lowest BCUT2D eigenvalue weighted by molar-refractivity contribution is -0.254. The molecule has 0 saturated carbocycles. The third kappa shape index (κ3) is 3.88. The van der Waals surface area contributed by atoms with Gasteiger partial charge in [-0.1, -0.05) is 42.5 Å². The van der Waals surface area contributed by atoms with E-state index >= 15 is 26.3 Å². The van der Waals surface area contributed by atoms with Gasteiger partial charge in [0.25, 0.3) is 0 Å². The normalized spacial score (nSPS) is 17.2. The van der Waals surface area contributed by atoms with E-state index in [0.29, 0.717) is 21.0 Å². The summed E-state index contributed by atoms with van der Waals surface area (Å²) < 4.78 is 95.9. The number of halogens is 6. The van der Waals surface area contributed by atoms with Crippen molar-refractivity contribution < 1.29 is 26.3 Å². The fourth-order valence-electron chi connectivity index (χ4n) is 6.81. The lowest BCUT2D eigenvalue weighted by Crippen LogP contribution is -2.48. The molecule has 5 aromatic heterocycles. The SMILES string of the molecule is Cc1sc(-c2ccc(-c3nc4c([nH]3)c3sccc3c3ccsc34)cc2)cc1C1=C(c2c(C)sc3ccccc23)C(F)(F)C(F)(F)C1(F)F. The first-order valence-corrected chi connectivity index (χ1v) is 18.1. The number of imidazole rings is 1. The van der Waals surface area contributed by atoms with Crippen molar-refractivity contribution in [2.75, 3.05) is 0 Å². The van der Waals surface area contributed by atoms with Crippen LogP contribution in [-0.2, 0) is 0 Å². The molecule has 1 aliphatic rings. The van der Waals surface area contributed by atoms with Crippen molar-refractivity contribution in [3.63, 3.8) is 0 Å². The van der Waals surface area contributed by atoms with Crippen molar-refractivity contribution in [1.29, 1.82) is 0 Å². The summed E-state index contributed by atoms with van der Waals surface area (Å²) in [6, 6.07) is 19.2. The molecule has 9 rings (SSSR count). The molecule has 5 heterocycles. The molecule has 0 unspecified atom stereocenters. The van der Waals surface area contributed by atoms with E-state index in [-0.39, 0.29) is 26.3 Å². The minimum absolute atomic E-state index is 0.240. The highest BCUT2D eigenvalue weighted by molar-refractivity contribution is 7.21. The van der Waals surface area contributed by atoms with Crippen LogP contribution in [0.5, 0.6) is 0 Å². The number of benzene rings is 3. The van der Waals surface area contributed by atoms with E-state index in [1.807, 2.05) is 17.5 Å². The summed E-state index contributed by atoms with van der Waals surface area (Å²) in [5.74, 6) is -15.2. The number of thiophene rings is 4. The number of rotatable bonds is 4. The molecule has 0 aliphatic heterocycles. The lowest BCUT2D eigenvalue weighted by Gasteiger charge is -2.25. The van der Waals surface area contributed by atoms with Crippen LogP contribution in [0.1, 0.15) is 20.9 Å². The average Bonchev–Trinajstić information content (AvgIpc) is 3.89. The molecule has 2 nitrogen and oxygen atoms in total. The summed E-state index contributed by atoms with van der Waals surface area (Å²) in [5, 5.41) is 6.68. The zero-order chi connectivity index (χ0) is 33.3. The molecule has 0 amide bonds. The Labute approximate surface area is 284 Å². The highest BCUT2D eigenvalue weighted by Gasteiger charge is 2.80. The molecular weight excluding hydrogens is 703 g/mol. The highest BCUT2D eigenvalue weighted by atomic mass is 32.1. The molecule has 0 atom stereocenters. The minimum atomic E-state index is -5.62. The summed E-state index contributed by atoms with van der Waals surface area (Å²) in [6.07, 6.45) is 0. The summed E-state index contributed by atoms with van der Waals surface area (Å²) >= 11 is 5.48. The number of allylic oxidation sites excluding steroid dienone is 2. The van der Waals surface area contributed by atoms with Gasteiger partial charge >= 0.3 is 17.8 Å². The second-order valence-corrected chi connectivity index (χ2v) is 16.1. The Bertz CT molecular complexity index is 2560. The van der Waals surface area contributed by atoms with Crippen molar-refractivity contribution in [2.24, 2.45) is 0 Å². The minimum Gasteiger partial charge on any atom is -0.337 e. The smallest absolute Gasteiger partial charge is 0.337 e. The highest BCUT2D eigenvalue weighted by Crippen LogP contribution is 2.66. The van der Waals surface area contributed by atoms with E-state index in [2.05, 4.69) is 22.5 Å². The Morgan fingerprint density at radius 2 is 1.31 bits per heavy atom. The Hall–Kier alpha value is -3.97. The van der Waals surface area contributed by atoms with Gasteiger partial charge in [-0.2, -0.15) is 26.3 Å². The molecule has 0 fully saturated rings. The van der Waals surface area contributed by atoms with Gasteiger partial charge in [-0.05, 0) is 60.0 Å². The first-order valence-electron chi connectivity index (χ1n) is 14.7. The summed E-state index contributed by atoms with van der Waals surface area (Å²) in [6.45, 7) is 2.99. The molecule has 1 aliphatic carbocycles. The lowest BCUT2D eigenvalue weighted by atomic mass is 9.93. The quantitative estimate of drug-likeness (QED) is 0.180. The van der Waals surface area contributed by atoms with Crippen LogP contribution in [0.3, 0.4) is 0 Å². The standard InChI is InChI=1S/C36H20F6N2S4/c1-16-23(27-28(35(39,40)36(41,42)34(27,37)38)26-17(2)48-24-6-4-3-5-22(24)26)15-25(47-16)18-7-9-19(10-8-18)33-43-29-30(44-33)32-21(12-14-46-32)20-11-13-45-31(20)29/h3-15H,1-2H3,(H,43,44). The Morgan fingerprint density at radius 1 is 0.667 bits per heavy atom. The summed E-state index contributed by atoms with van der Waals surface area (Å²) in [7, 11) is 0. The molecule has 240 valence electrons. The zero-order valence-corrected chi connectivity index (χ0v) is 28.1. The van der Waals surface area contributed by atoms with E-state index in [4.69, 9.17) is 4.98 Å². The third-order valence-corrected chi connectivity index (χ3v) is 13.1. The van der Waals surface area contributed by atoms with Gasteiger partial charge in [0.15, 0.2) is 0 Å². The van der Waals surface area contributed by atoms with Gasteiger partial charge in [0.05, 0.1) is 14.9 Å². The Morgan fingerprint density at radius 3 is 2.06 bits per heavy atom. The van der Waals surface area contributed by atoms with Crippen LogP contribution >= 0.6 is 45.3 Å². The number of nitrogens with zero attached hydrogens (tertiary/aromatic N) is 1. The third-order valence-electron chi connectivity index (χ3n) is 9.08. The van der Waals surface area contributed by atoms with Gasteiger partial charge in [-0.25, -0.2) is 4.98 Å². The molecule has 3 aromatic carbocycles. The molecule has 1 N–H and O–H groups in total. The van der Waals surface area contributed by atoms with Crippen molar-refractivity contribution >= 4 is 97.8 Å². The van der Waals surface area contributed by atoms with Crippen LogP contribution in [0, 0.1) is 13.8 Å². The number of H-pyrrole nitrogens is 1. The predicted molar refractivity (Wildman–Crippen MR) is 189 cm³/mol. The summed E-state index contributed by atoms with van der Waals surface area (Å²) in [5.41, 5.74) is 0.0894. The first-order chi connectivity index (χ1) is 22.9. The van der Waals surface area contributed by atoms with Crippen LogP contribution in [0.25, 0.3) is 74.3 Å². The maximum Gasteiger partial charge on any atom is 0.380 e. The van der Waals surface area contributed by atoms with Crippen LogP contribution in [0.2, 0.25) is 0 Å². The van der Waals surface area contributed by atoms with E-state index in [1.165, 1.54) is 31.4 Å². The number of nitrogens with one attached hydrogen (secondary N) is 1. The summed E-state index contributed by atoms with van der Waals surface area (Å²) in [4.78, 5) is 9.40. The Kier molecular flexibility index (Phi) is 6.30. The number of fused-ring (bicyclic) bond motifs is 7.